The van der Waals surface area contributed by atoms with Gasteiger partial charge in [0.15, 0.2) is 5.94 Å². The standard InChI is InChI=1S/C26H19F6N5O/c1-34-11-17-10-19(7-8-20(17)33)37-12-16-4-9-22(35-14-25(27,28)29)36-24(16)23(21(37)13-38)15-2-5-18(6-3-15)26(30,31)32/h2-12,33-34H,14H2,1H3,(H,35,36)/b17-11-,33-20?. The van der Waals surface area contributed by atoms with Crippen molar-refractivity contribution in [3.8, 4) is 0 Å². The second kappa shape index (κ2) is 10.1. The highest BCUT2D eigenvalue weighted by atomic mass is 19.4. The molecule has 2 heterocycles. The summed E-state index contributed by atoms with van der Waals surface area (Å²) in [5, 5.41) is 13.6. The molecule has 38 heavy (non-hydrogen) atoms. The summed E-state index contributed by atoms with van der Waals surface area (Å²) in [6.45, 7) is -1.36. The van der Waals surface area contributed by atoms with Crippen molar-refractivity contribution in [2.24, 2.45) is 0 Å². The summed E-state index contributed by atoms with van der Waals surface area (Å²) in [5.41, 5.74) is 0.360. The van der Waals surface area contributed by atoms with Gasteiger partial charge in [-0.15, -0.1) is 0 Å². The van der Waals surface area contributed by atoms with Crippen LogP contribution in [0, 0.1) is 5.41 Å². The van der Waals surface area contributed by atoms with E-state index in [-0.39, 0.29) is 33.7 Å². The lowest BCUT2D eigenvalue weighted by Gasteiger charge is -2.28. The molecule has 3 N–H and O–H groups in total. The van der Waals surface area contributed by atoms with Gasteiger partial charge in [-0.3, -0.25) is 0 Å². The monoisotopic (exact) mass is 531 g/mol. The van der Waals surface area contributed by atoms with Gasteiger partial charge in [-0.05, 0) is 48.1 Å². The van der Waals surface area contributed by atoms with E-state index in [1.807, 2.05) is 5.94 Å². The maximum Gasteiger partial charge on any atom is 0.416 e. The summed E-state index contributed by atoms with van der Waals surface area (Å²) >= 11 is 0. The molecule has 0 atom stereocenters. The molecule has 12 heteroatoms. The summed E-state index contributed by atoms with van der Waals surface area (Å²) < 4.78 is 77.8. The number of carbonyl (C=O) groups excluding carboxylic acids is 1. The maximum absolute atomic E-state index is 13.2. The van der Waals surface area contributed by atoms with Crippen LogP contribution in [0.1, 0.15) is 11.1 Å². The topological polar surface area (TPSA) is 81.1 Å². The molecule has 2 aromatic rings. The first-order valence-corrected chi connectivity index (χ1v) is 11.0. The van der Waals surface area contributed by atoms with Crippen LogP contribution < -0.4 is 21.2 Å². The molecule has 0 fully saturated rings. The smallest absolute Gasteiger partial charge is 0.393 e. The summed E-state index contributed by atoms with van der Waals surface area (Å²) in [6.07, 6.45) is -1.31. The summed E-state index contributed by atoms with van der Waals surface area (Å²) in [7, 11) is 1.65. The highest BCUT2D eigenvalue weighted by Gasteiger charge is 2.31. The molecule has 0 spiro atoms. The van der Waals surface area contributed by atoms with Crippen LogP contribution >= 0.6 is 0 Å². The number of nitrogens with one attached hydrogen (secondary N) is 3. The molecule has 0 saturated heterocycles. The highest BCUT2D eigenvalue weighted by Crippen LogP contribution is 2.33. The molecule has 0 amide bonds. The lowest BCUT2D eigenvalue weighted by atomic mass is 9.96. The minimum Gasteiger partial charge on any atom is -0.393 e. The van der Waals surface area contributed by atoms with E-state index in [2.05, 4.69) is 15.6 Å². The second-order valence-electron chi connectivity index (χ2n) is 8.21. The van der Waals surface area contributed by atoms with Gasteiger partial charge in [0.2, 0.25) is 0 Å². The first-order valence-electron chi connectivity index (χ1n) is 11.0. The number of hydrogen-bond acceptors (Lipinski definition) is 6. The van der Waals surface area contributed by atoms with Gasteiger partial charge < -0.3 is 20.9 Å². The van der Waals surface area contributed by atoms with Crippen molar-refractivity contribution >= 4 is 29.2 Å². The Labute approximate surface area is 212 Å². The first kappa shape index (κ1) is 26.5. The van der Waals surface area contributed by atoms with Gasteiger partial charge >= 0.3 is 12.4 Å². The Balaban J connectivity index is 1.93. The number of fused-ring (bicyclic) bond motifs is 1. The molecule has 1 aliphatic carbocycles. The fourth-order valence-electron chi connectivity index (χ4n) is 3.88. The third-order valence-corrected chi connectivity index (χ3v) is 5.59. The average molecular weight is 531 g/mol. The summed E-state index contributed by atoms with van der Waals surface area (Å²) in [6, 6.07) is 6.81. The largest absolute Gasteiger partial charge is 0.416 e. The Kier molecular flexibility index (Phi) is 7.01. The average Bonchev–Trinajstić information content (AvgIpc) is 2.87. The zero-order valence-corrected chi connectivity index (χ0v) is 19.6. The molecule has 2 aliphatic rings. The molecule has 196 valence electrons. The van der Waals surface area contributed by atoms with Crippen molar-refractivity contribution in [3.63, 3.8) is 0 Å². The van der Waals surface area contributed by atoms with Crippen LogP contribution in [-0.4, -0.2) is 41.3 Å². The van der Waals surface area contributed by atoms with Crippen LogP contribution in [0.25, 0.3) is 11.8 Å². The minimum absolute atomic E-state index is 0.0796. The molecule has 6 nitrogen and oxygen atoms in total. The number of halogens is 6. The zero-order chi connectivity index (χ0) is 27.7. The Morgan fingerprint density at radius 3 is 2.37 bits per heavy atom. The number of alkyl halides is 6. The minimum atomic E-state index is -4.60. The van der Waals surface area contributed by atoms with Crippen molar-refractivity contribution in [1.29, 1.82) is 5.41 Å². The van der Waals surface area contributed by atoms with Crippen LogP contribution in [0.3, 0.4) is 0 Å². The molecule has 1 aliphatic heterocycles. The van der Waals surface area contributed by atoms with Crippen LogP contribution in [0.4, 0.5) is 32.2 Å². The Morgan fingerprint density at radius 2 is 1.76 bits per heavy atom. The van der Waals surface area contributed by atoms with Gasteiger partial charge in [0.1, 0.15) is 18.1 Å². The van der Waals surface area contributed by atoms with Gasteiger partial charge in [0, 0.05) is 41.5 Å². The molecule has 0 saturated carbocycles. The van der Waals surface area contributed by atoms with Gasteiger partial charge in [-0.25, -0.2) is 9.78 Å². The van der Waals surface area contributed by atoms with Crippen molar-refractivity contribution in [2.75, 3.05) is 18.9 Å². The van der Waals surface area contributed by atoms with Gasteiger partial charge in [-0.1, -0.05) is 12.1 Å². The molecule has 4 rings (SSSR count). The van der Waals surface area contributed by atoms with E-state index in [4.69, 9.17) is 5.41 Å². The summed E-state index contributed by atoms with van der Waals surface area (Å²) in [4.78, 5) is 18.0. The number of anilines is 1. The SMILES string of the molecule is CN/C=C1/C=C(N2C=c3ccc(NCC(F)(F)F)nc3=C(c3ccc(C(F)(F)F)cc3)C2=C=O)C=CC1=N. The van der Waals surface area contributed by atoms with Crippen LogP contribution in [0.2, 0.25) is 0 Å². The normalized spacial score (nSPS) is 16.6. The van der Waals surface area contributed by atoms with E-state index >= 15 is 0 Å². The highest BCUT2D eigenvalue weighted by molar-refractivity contribution is 6.09. The fraction of sp³-hybridized carbons (Fsp3) is 0.154. The predicted octanol–water partition coefficient (Wildman–Crippen LogP) is 3.62. The lowest BCUT2D eigenvalue weighted by Crippen LogP contribution is -2.40. The summed E-state index contributed by atoms with van der Waals surface area (Å²) in [5.74, 6) is 1.68. The molecule has 0 unspecified atom stereocenters. The molecular weight excluding hydrogens is 512 g/mol. The molecule has 0 radical (unpaired) electrons. The van der Waals surface area contributed by atoms with Crippen molar-refractivity contribution in [2.45, 2.75) is 12.4 Å². The number of allylic oxidation sites excluding steroid dienone is 5. The van der Waals surface area contributed by atoms with E-state index in [0.29, 0.717) is 16.5 Å². The predicted molar refractivity (Wildman–Crippen MR) is 130 cm³/mol. The number of rotatable bonds is 5. The van der Waals surface area contributed by atoms with E-state index in [0.717, 1.165) is 24.3 Å². The lowest BCUT2D eigenvalue weighted by molar-refractivity contribution is -0.137. The Morgan fingerprint density at radius 1 is 1.05 bits per heavy atom. The molecular formula is C26H19F6N5O. The van der Waals surface area contributed by atoms with Crippen molar-refractivity contribution < 1.29 is 31.1 Å². The van der Waals surface area contributed by atoms with E-state index < -0.39 is 24.5 Å². The quantitative estimate of drug-likeness (QED) is 0.406. The number of benzene rings is 1. The van der Waals surface area contributed by atoms with Crippen molar-refractivity contribution in [1.82, 2.24) is 15.2 Å². The van der Waals surface area contributed by atoms with Crippen LogP contribution in [-0.2, 0) is 11.0 Å². The number of hydrogen-bond donors (Lipinski definition) is 3. The number of aromatic nitrogens is 1. The molecule has 0 bridgehead atoms. The van der Waals surface area contributed by atoms with Gasteiger partial charge in [0.25, 0.3) is 0 Å². The third-order valence-electron chi connectivity index (χ3n) is 5.59. The van der Waals surface area contributed by atoms with Crippen LogP contribution in [0.5, 0.6) is 0 Å². The number of nitrogens with zero attached hydrogens (tertiary/aromatic N) is 2. The fourth-order valence-corrected chi connectivity index (χ4v) is 3.88. The van der Waals surface area contributed by atoms with Crippen molar-refractivity contribution in [3.05, 3.63) is 99.5 Å². The first-order chi connectivity index (χ1) is 17.9. The second-order valence-corrected chi connectivity index (χ2v) is 8.21. The molecule has 1 aromatic heterocycles. The van der Waals surface area contributed by atoms with Crippen LogP contribution in [0.15, 0.2) is 77.8 Å². The van der Waals surface area contributed by atoms with E-state index in [9.17, 15) is 31.1 Å². The van der Waals surface area contributed by atoms with Gasteiger partial charge in [-0.2, -0.15) is 26.3 Å². The zero-order valence-electron chi connectivity index (χ0n) is 19.6. The Hall–Kier alpha value is -4.57. The third kappa shape index (κ3) is 5.55. The van der Waals surface area contributed by atoms with Gasteiger partial charge in [0.05, 0.1) is 16.6 Å². The van der Waals surface area contributed by atoms with E-state index in [1.54, 1.807) is 25.4 Å². The number of pyridine rings is 1. The Bertz CT molecular complexity index is 1540. The molecule has 1 aromatic carbocycles. The maximum atomic E-state index is 13.2. The van der Waals surface area contributed by atoms with E-state index in [1.165, 1.54) is 29.3 Å².